The third-order valence-electron chi connectivity index (χ3n) is 4.67. The maximum atomic E-state index is 12.7. The van der Waals surface area contributed by atoms with E-state index in [2.05, 4.69) is 10.4 Å². The molecule has 0 saturated heterocycles. The summed E-state index contributed by atoms with van der Waals surface area (Å²) in [6.07, 6.45) is 4.81. The van der Waals surface area contributed by atoms with Gasteiger partial charge >= 0.3 is 0 Å². The molecule has 0 spiro atoms. The van der Waals surface area contributed by atoms with Crippen molar-refractivity contribution in [3.8, 4) is 5.75 Å². The summed E-state index contributed by atoms with van der Waals surface area (Å²) in [6, 6.07) is 5.27. The van der Waals surface area contributed by atoms with E-state index in [4.69, 9.17) is 4.74 Å². The van der Waals surface area contributed by atoms with Crippen LogP contribution in [0.5, 0.6) is 5.75 Å². The number of carbonyl (C=O) groups excluding carboxylic acids is 1. The molecule has 6 nitrogen and oxygen atoms in total. The first-order valence-corrected chi connectivity index (χ1v) is 8.10. The molecule has 2 N–H and O–H groups in total. The van der Waals surface area contributed by atoms with Crippen molar-refractivity contribution in [2.45, 2.75) is 31.9 Å². The van der Waals surface area contributed by atoms with E-state index in [0.29, 0.717) is 18.4 Å². The Hall–Kier alpha value is -2.34. The standard InChI is InChI=1S/C18H23N3O3/c1-11-6-15(24-3)4-5-16(11)18(23)20-17(12-7-14(22)8-12)13-9-19-21(2)10-13/h4-6,9-10,12,14,17,22H,7-8H2,1-3H3,(H,20,23). The molecule has 0 aliphatic heterocycles. The highest BCUT2D eigenvalue weighted by Crippen LogP contribution is 2.38. The number of nitrogens with one attached hydrogen (secondary N) is 1. The molecule has 24 heavy (non-hydrogen) atoms. The van der Waals surface area contributed by atoms with Crippen LogP contribution in [0.3, 0.4) is 0 Å². The molecule has 6 heteroatoms. The van der Waals surface area contributed by atoms with Gasteiger partial charge in [0.1, 0.15) is 5.75 Å². The molecular formula is C18H23N3O3. The first-order valence-electron chi connectivity index (χ1n) is 8.10. The minimum absolute atomic E-state index is 0.120. The van der Waals surface area contributed by atoms with Gasteiger partial charge in [0, 0.05) is 24.4 Å². The largest absolute Gasteiger partial charge is 0.497 e. The van der Waals surface area contributed by atoms with Gasteiger partial charge < -0.3 is 15.2 Å². The molecule has 1 amide bonds. The summed E-state index contributed by atoms with van der Waals surface area (Å²) in [5.74, 6) is 0.840. The number of aromatic nitrogens is 2. The molecule has 1 aliphatic rings. The molecule has 1 unspecified atom stereocenters. The quantitative estimate of drug-likeness (QED) is 0.879. The van der Waals surface area contributed by atoms with E-state index in [1.165, 1.54) is 0 Å². The van der Waals surface area contributed by atoms with Gasteiger partial charge in [-0.15, -0.1) is 0 Å². The van der Waals surface area contributed by atoms with Crippen LogP contribution in [0.2, 0.25) is 0 Å². The first-order chi connectivity index (χ1) is 11.5. The average molecular weight is 329 g/mol. The summed E-state index contributed by atoms with van der Waals surface area (Å²) < 4.78 is 6.91. The van der Waals surface area contributed by atoms with Crippen LogP contribution in [-0.2, 0) is 7.05 Å². The number of aryl methyl sites for hydroxylation is 2. The first kappa shape index (κ1) is 16.5. The van der Waals surface area contributed by atoms with Crippen molar-refractivity contribution in [3.63, 3.8) is 0 Å². The minimum atomic E-state index is -0.270. The molecule has 0 bridgehead atoms. The van der Waals surface area contributed by atoms with Crippen LogP contribution in [0.1, 0.15) is 40.4 Å². The number of nitrogens with zero attached hydrogens (tertiary/aromatic N) is 2. The minimum Gasteiger partial charge on any atom is -0.497 e. The molecule has 1 atom stereocenters. The number of amides is 1. The second-order valence-corrected chi connectivity index (χ2v) is 6.46. The van der Waals surface area contributed by atoms with Gasteiger partial charge in [0.2, 0.25) is 0 Å². The van der Waals surface area contributed by atoms with Crippen LogP contribution in [0, 0.1) is 12.8 Å². The highest BCUT2D eigenvalue weighted by Gasteiger charge is 2.36. The number of hydrogen-bond donors (Lipinski definition) is 2. The fourth-order valence-electron chi connectivity index (χ4n) is 3.21. The van der Waals surface area contributed by atoms with Crippen LogP contribution < -0.4 is 10.1 Å². The Morgan fingerprint density at radius 3 is 2.75 bits per heavy atom. The smallest absolute Gasteiger partial charge is 0.252 e. The summed E-state index contributed by atoms with van der Waals surface area (Å²) in [5.41, 5.74) is 2.46. The molecule has 3 rings (SSSR count). The van der Waals surface area contributed by atoms with Crippen LogP contribution in [0.25, 0.3) is 0 Å². The van der Waals surface area contributed by atoms with Crippen LogP contribution in [0.15, 0.2) is 30.6 Å². The van der Waals surface area contributed by atoms with Crippen LogP contribution >= 0.6 is 0 Å². The number of rotatable bonds is 5. The maximum absolute atomic E-state index is 12.7. The number of aliphatic hydroxyl groups excluding tert-OH is 1. The van der Waals surface area contributed by atoms with Gasteiger partial charge in [0.25, 0.3) is 5.91 Å². The van der Waals surface area contributed by atoms with E-state index in [0.717, 1.165) is 16.9 Å². The maximum Gasteiger partial charge on any atom is 0.252 e. The van der Waals surface area contributed by atoms with Crippen molar-refractivity contribution in [1.29, 1.82) is 0 Å². The van der Waals surface area contributed by atoms with E-state index in [-0.39, 0.29) is 24.0 Å². The van der Waals surface area contributed by atoms with Crippen molar-refractivity contribution in [2.24, 2.45) is 13.0 Å². The molecule has 1 saturated carbocycles. The van der Waals surface area contributed by atoms with Gasteiger partial charge in [-0.2, -0.15) is 5.10 Å². The third-order valence-corrected chi connectivity index (χ3v) is 4.67. The Balaban J connectivity index is 1.80. The normalized spacial score (nSPS) is 21.0. The topological polar surface area (TPSA) is 76.4 Å². The Morgan fingerprint density at radius 1 is 1.46 bits per heavy atom. The van der Waals surface area contributed by atoms with Crippen molar-refractivity contribution in [3.05, 3.63) is 47.3 Å². The highest BCUT2D eigenvalue weighted by atomic mass is 16.5. The van der Waals surface area contributed by atoms with E-state index >= 15 is 0 Å². The van der Waals surface area contributed by atoms with Crippen molar-refractivity contribution >= 4 is 5.91 Å². The lowest BCUT2D eigenvalue weighted by atomic mass is 9.75. The second-order valence-electron chi connectivity index (χ2n) is 6.46. The number of carbonyl (C=O) groups is 1. The van der Waals surface area contributed by atoms with Gasteiger partial charge in [-0.25, -0.2) is 0 Å². The monoisotopic (exact) mass is 329 g/mol. The van der Waals surface area contributed by atoms with E-state index in [1.54, 1.807) is 30.1 Å². The molecule has 2 aromatic rings. The predicted molar refractivity (Wildman–Crippen MR) is 89.9 cm³/mol. The Labute approximate surface area is 141 Å². The van der Waals surface area contributed by atoms with Gasteiger partial charge in [-0.1, -0.05) is 0 Å². The van der Waals surface area contributed by atoms with Gasteiger partial charge in [-0.3, -0.25) is 9.48 Å². The van der Waals surface area contributed by atoms with Crippen molar-refractivity contribution in [1.82, 2.24) is 15.1 Å². The number of aliphatic hydroxyl groups is 1. The fraction of sp³-hybridized carbons (Fsp3) is 0.444. The van der Waals surface area contributed by atoms with Crippen LogP contribution in [0.4, 0.5) is 0 Å². The van der Waals surface area contributed by atoms with Gasteiger partial charge in [0.05, 0.1) is 25.5 Å². The summed E-state index contributed by atoms with van der Waals surface area (Å²) >= 11 is 0. The molecule has 128 valence electrons. The summed E-state index contributed by atoms with van der Waals surface area (Å²) in [7, 11) is 3.46. The lowest BCUT2D eigenvalue weighted by Gasteiger charge is -2.37. The SMILES string of the molecule is COc1ccc(C(=O)NC(c2cnn(C)c2)C2CC(O)C2)c(C)c1. The van der Waals surface area contributed by atoms with Crippen molar-refractivity contribution < 1.29 is 14.6 Å². The fourth-order valence-corrected chi connectivity index (χ4v) is 3.21. The molecule has 1 aromatic heterocycles. The molecule has 1 heterocycles. The van der Waals surface area contributed by atoms with E-state index in [1.807, 2.05) is 26.2 Å². The summed E-state index contributed by atoms with van der Waals surface area (Å²) in [4.78, 5) is 12.7. The second kappa shape index (κ2) is 6.65. The van der Waals surface area contributed by atoms with Gasteiger partial charge in [0.15, 0.2) is 0 Å². The molecule has 1 aromatic carbocycles. The summed E-state index contributed by atoms with van der Waals surface area (Å²) in [6.45, 7) is 1.89. The zero-order chi connectivity index (χ0) is 17.3. The van der Waals surface area contributed by atoms with E-state index in [9.17, 15) is 9.90 Å². The summed E-state index contributed by atoms with van der Waals surface area (Å²) in [5, 5.41) is 16.9. The van der Waals surface area contributed by atoms with E-state index < -0.39 is 0 Å². The zero-order valence-electron chi connectivity index (χ0n) is 14.2. The average Bonchev–Trinajstić information content (AvgIpc) is 2.95. The lowest BCUT2D eigenvalue weighted by molar-refractivity contribution is 0.0235. The van der Waals surface area contributed by atoms with Crippen LogP contribution in [-0.4, -0.2) is 34.0 Å². The predicted octanol–water partition coefficient (Wildman–Crippen LogP) is 1.98. The highest BCUT2D eigenvalue weighted by molar-refractivity contribution is 5.96. The number of benzene rings is 1. The molecule has 0 radical (unpaired) electrons. The number of ether oxygens (including phenoxy) is 1. The Morgan fingerprint density at radius 2 is 2.21 bits per heavy atom. The Bertz CT molecular complexity index is 735. The molecule has 1 fully saturated rings. The number of methoxy groups -OCH3 is 1. The third kappa shape index (κ3) is 3.28. The molecule has 1 aliphatic carbocycles. The van der Waals surface area contributed by atoms with Crippen molar-refractivity contribution in [2.75, 3.05) is 7.11 Å². The molecular weight excluding hydrogens is 306 g/mol. The Kier molecular flexibility index (Phi) is 4.57. The lowest BCUT2D eigenvalue weighted by Crippen LogP contribution is -2.41. The van der Waals surface area contributed by atoms with Gasteiger partial charge in [-0.05, 0) is 49.4 Å². The number of hydrogen-bond acceptors (Lipinski definition) is 4. The zero-order valence-corrected chi connectivity index (χ0v) is 14.2.